The summed E-state index contributed by atoms with van der Waals surface area (Å²) < 4.78 is 10.9. The van der Waals surface area contributed by atoms with Gasteiger partial charge in [0.25, 0.3) is 5.69 Å². The van der Waals surface area contributed by atoms with Gasteiger partial charge in [0.2, 0.25) is 0 Å². The molecule has 0 saturated carbocycles. The Morgan fingerprint density at radius 2 is 1.76 bits per heavy atom. The van der Waals surface area contributed by atoms with Crippen LogP contribution < -0.4 is 14.8 Å². The molecule has 0 spiro atoms. The van der Waals surface area contributed by atoms with Crippen LogP contribution in [0.2, 0.25) is 0 Å². The van der Waals surface area contributed by atoms with Crippen molar-refractivity contribution in [1.82, 2.24) is 0 Å². The van der Waals surface area contributed by atoms with E-state index in [1.807, 2.05) is 6.07 Å². The van der Waals surface area contributed by atoms with E-state index >= 15 is 0 Å². The number of nitro benzene ring substituents is 1. The number of aliphatic carboxylic acids is 1. The second kappa shape index (κ2) is 8.93. The lowest BCUT2D eigenvalue weighted by molar-refractivity contribution is -0.386. The molecule has 0 aromatic heterocycles. The zero-order valence-corrected chi connectivity index (χ0v) is 16.3. The Bertz CT molecular complexity index is 952. The maximum atomic E-state index is 12.2. The van der Waals surface area contributed by atoms with Crippen molar-refractivity contribution < 1.29 is 24.3 Å². The first-order valence-corrected chi connectivity index (χ1v) is 8.87. The predicted octanol–water partition coefficient (Wildman–Crippen LogP) is 3.68. The van der Waals surface area contributed by atoms with E-state index < -0.39 is 22.1 Å². The van der Waals surface area contributed by atoms with Gasteiger partial charge in [-0.15, -0.1) is 0 Å². The zero-order chi connectivity index (χ0) is 21.6. The average molecular weight is 399 g/mol. The van der Waals surface area contributed by atoms with Gasteiger partial charge >= 0.3 is 5.97 Å². The zero-order valence-electron chi connectivity index (χ0n) is 16.3. The van der Waals surface area contributed by atoms with E-state index in [1.165, 1.54) is 43.3 Å². The van der Waals surface area contributed by atoms with Crippen LogP contribution in [0.15, 0.2) is 36.4 Å². The quantitative estimate of drug-likeness (QED) is 0.482. The van der Waals surface area contributed by atoms with Crippen LogP contribution in [-0.4, -0.2) is 29.2 Å². The first-order valence-electron chi connectivity index (χ1n) is 8.87. The lowest BCUT2D eigenvalue weighted by Crippen LogP contribution is -2.41. The molecule has 0 aliphatic heterocycles. The number of ether oxygens (including phenoxy) is 2. The summed E-state index contributed by atoms with van der Waals surface area (Å²) in [5.74, 6) is -0.948. The number of nitrogens with zero attached hydrogens (tertiary/aromatic N) is 2. The second-order valence-corrected chi connectivity index (χ2v) is 6.18. The molecule has 9 heteroatoms. The Labute approximate surface area is 167 Å². The summed E-state index contributed by atoms with van der Waals surface area (Å²) >= 11 is 0. The standard InChI is InChI=1S/C20H21N3O6/c1-4-28-17-10-15(16(23(26)27)11-18(17)29-5-2)20(3,19(24)25)22-14-8-6-13(12-21)7-9-14/h6-11,22H,4-5H2,1-3H3,(H,24,25). The van der Waals surface area contributed by atoms with Crippen molar-refractivity contribution in [1.29, 1.82) is 5.26 Å². The van der Waals surface area contributed by atoms with Gasteiger partial charge in [0.05, 0.1) is 41.4 Å². The van der Waals surface area contributed by atoms with Crippen molar-refractivity contribution in [2.24, 2.45) is 0 Å². The molecule has 9 nitrogen and oxygen atoms in total. The van der Waals surface area contributed by atoms with Crippen molar-refractivity contribution in [2.45, 2.75) is 26.3 Å². The van der Waals surface area contributed by atoms with Crippen molar-refractivity contribution in [3.8, 4) is 17.6 Å². The number of carboxylic acids is 1. The van der Waals surface area contributed by atoms with Gasteiger partial charge in [0, 0.05) is 5.69 Å². The summed E-state index contributed by atoms with van der Waals surface area (Å²) in [6.07, 6.45) is 0. The number of nitrogens with one attached hydrogen (secondary N) is 1. The van der Waals surface area contributed by atoms with Gasteiger partial charge in [-0.05, 0) is 51.1 Å². The third-order valence-corrected chi connectivity index (χ3v) is 4.23. The molecule has 29 heavy (non-hydrogen) atoms. The van der Waals surface area contributed by atoms with Gasteiger partial charge in [-0.3, -0.25) is 10.1 Å². The molecule has 152 valence electrons. The molecule has 0 aliphatic rings. The van der Waals surface area contributed by atoms with Crippen LogP contribution in [0.3, 0.4) is 0 Å². The normalized spacial score (nSPS) is 12.3. The first kappa shape index (κ1) is 21.5. The minimum Gasteiger partial charge on any atom is -0.490 e. The van der Waals surface area contributed by atoms with Gasteiger partial charge in [0.15, 0.2) is 17.0 Å². The Kier molecular flexibility index (Phi) is 6.62. The molecule has 0 radical (unpaired) electrons. The van der Waals surface area contributed by atoms with Gasteiger partial charge in [-0.2, -0.15) is 5.26 Å². The molecule has 0 fully saturated rings. The maximum Gasteiger partial charge on any atom is 0.334 e. The smallest absolute Gasteiger partial charge is 0.334 e. The van der Waals surface area contributed by atoms with E-state index in [1.54, 1.807) is 13.8 Å². The van der Waals surface area contributed by atoms with Crippen LogP contribution in [0, 0.1) is 21.4 Å². The summed E-state index contributed by atoms with van der Waals surface area (Å²) in [6.45, 7) is 5.32. The van der Waals surface area contributed by atoms with E-state index in [4.69, 9.17) is 14.7 Å². The fourth-order valence-electron chi connectivity index (χ4n) is 2.79. The molecule has 0 bridgehead atoms. The molecular formula is C20H21N3O6. The van der Waals surface area contributed by atoms with E-state index in [0.29, 0.717) is 11.3 Å². The van der Waals surface area contributed by atoms with E-state index in [2.05, 4.69) is 5.32 Å². The summed E-state index contributed by atoms with van der Waals surface area (Å²) in [5, 5.41) is 33.4. The molecule has 0 aliphatic carbocycles. The highest BCUT2D eigenvalue weighted by atomic mass is 16.6. The highest BCUT2D eigenvalue weighted by Gasteiger charge is 2.42. The number of carbonyl (C=O) groups is 1. The lowest BCUT2D eigenvalue weighted by atomic mass is 9.89. The third kappa shape index (κ3) is 4.55. The summed E-state index contributed by atoms with van der Waals surface area (Å²) in [7, 11) is 0. The minimum atomic E-state index is -1.85. The molecule has 2 aromatic rings. The van der Waals surface area contributed by atoms with Crippen LogP contribution in [-0.2, 0) is 10.3 Å². The Balaban J connectivity index is 2.65. The van der Waals surface area contributed by atoms with E-state index in [-0.39, 0.29) is 30.3 Å². The fraction of sp³-hybridized carbons (Fsp3) is 0.300. The highest BCUT2D eigenvalue weighted by molar-refractivity contribution is 5.86. The number of carboxylic acid groups (broad SMARTS) is 1. The molecule has 0 saturated heterocycles. The van der Waals surface area contributed by atoms with Gasteiger partial charge < -0.3 is 19.9 Å². The van der Waals surface area contributed by atoms with Crippen LogP contribution in [0.1, 0.15) is 31.9 Å². The molecule has 0 heterocycles. The molecule has 0 amide bonds. The maximum absolute atomic E-state index is 12.2. The Morgan fingerprint density at radius 3 is 2.21 bits per heavy atom. The second-order valence-electron chi connectivity index (χ2n) is 6.18. The number of anilines is 1. The summed E-state index contributed by atoms with van der Waals surface area (Å²) in [6, 6.07) is 10.6. The molecular weight excluding hydrogens is 378 g/mol. The minimum absolute atomic E-state index is 0.0914. The van der Waals surface area contributed by atoms with Crippen molar-refractivity contribution in [2.75, 3.05) is 18.5 Å². The summed E-state index contributed by atoms with van der Waals surface area (Å²) in [5.41, 5.74) is -1.57. The Hall–Kier alpha value is -3.80. The number of rotatable bonds is 9. The fourth-order valence-corrected chi connectivity index (χ4v) is 2.79. The van der Waals surface area contributed by atoms with E-state index in [0.717, 1.165) is 0 Å². The molecule has 1 atom stereocenters. The van der Waals surface area contributed by atoms with Crippen molar-refractivity contribution in [3.05, 3.63) is 57.6 Å². The van der Waals surface area contributed by atoms with Crippen LogP contribution >= 0.6 is 0 Å². The predicted molar refractivity (Wildman–Crippen MR) is 105 cm³/mol. The Morgan fingerprint density at radius 1 is 1.21 bits per heavy atom. The van der Waals surface area contributed by atoms with Gasteiger partial charge in [-0.25, -0.2) is 4.79 Å². The highest BCUT2D eigenvalue weighted by Crippen LogP contribution is 2.41. The summed E-state index contributed by atoms with van der Waals surface area (Å²) in [4.78, 5) is 23.2. The number of benzene rings is 2. The van der Waals surface area contributed by atoms with Gasteiger partial charge in [0.1, 0.15) is 0 Å². The van der Waals surface area contributed by atoms with Crippen LogP contribution in [0.4, 0.5) is 11.4 Å². The molecule has 2 aromatic carbocycles. The molecule has 1 unspecified atom stereocenters. The molecule has 2 N–H and O–H groups in total. The first-order chi connectivity index (χ1) is 13.8. The van der Waals surface area contributed by atoms with Gasteiger partial charge in [-0.1, -0.05) is 0 Å². The monoisotopic (exact) mass is 399 g/mol. The van der Waals surface area contributed by atoms with E-state index in [9.17, 15) is 20.0 Å². The number of nitro groups is 1. The largest absolute Gasteiger partial charge is 0.490 e. The third-order valence-electron chi connectivity index (χ3n) is 4.23. The number of hydrogen-bond donors (Lipinski definition) is 2. The van der Waals surface area contributed by atoms with Crippen molar-refractivity contribution >= 4 is 17.3 Å². The average Bonchev–Trinajstić information content (AvgIpc) is 2.69. The SMILES string of the molecule is CCOc1cc([N+](=O)[O-])c(C(C)(Nc2ccc(C#N)cc2)C(=O)O)cc1OCC. The van der Waals surface area contributed by atoms with Crippen LogP contribution in [0.5, 0.6) is 11.5 Å². The van der Waals surface area contributed by atoms with Crippen molar-refractivity contribution in [3.63, 3.8) is 0 Å². The number of nitriles is 1. The topological polar surface area (TPSA) is 135 Å². The van der Waals surface area contributed by atoms with Crippen LogP contribution in [0.25, 0.3) is 0 Å². The lowest BCUT2D eigenvalue weighted by Gasteiger charge is -2.28. The molecule has 2 rings (SSSR count). The number of hydrogen-bond acceptors (Lipinski definition) is 7.